The zero-order valence-corrected chi connectivity index (χ0v) is 15.4. The third kappa shape index (κ3) is 4.45. The summed E-state index contributed by atoms with van der Waals surface area (Å²) in [6.45, 7) is 3.67. The molecular formula is C19H24N4O4. The Kier molecular flexibility index (Phi) is 6.05. The second-order valence-corrected chi connectivity index (χ2v) is 6.41. The predicted octanol–water partition coefficient (Wildman–Crippen LogP) is 1.07. The summed E-state index contributed by atoms with van der Waals surface area (Å²) in [5.41, 5.74) is 1.24. The highest BCUT2D eigenvalue weighted by Crippen LogP contribution is 2.18. The van der Waals surface area contributed by atoms with E-state index < -0.39 is 5.97 Å². The van der Waals surface area contributed by atoms with Gasteiger partial charge < -0.3 is 19.5 Å². The number of aryl methyl sites for hydroxylation is 1. The molecule has 1 N–H and O–H groups in total. The first kappa shape index (κ1) is 18.9. The number of esters is 1. The van der Waals surface area contributed by atoms with E-state index in [0.29, 0.717) is 11.3 Å². The third-order valence-electron chi connectivity index (χ3n) is 4.54. The number of benzene rings is 1. The van der Waals surface area contributed by atoms with Crippen LogP contribution in [-0.4, -0.2) is 47.7 Å². The highest BCUT2D eigenvalue weighted by Gasteiger charge is 2.20. The highest BCUT2D eigenvalue weighted by molar-refractivity contribution is 5.82. The van der Waals surface area contributed by atoms with Gasteiger partial charge in [0.1, 0.15) is 6.54 Å². The van der Waals surface area contributed by atoms with Gasteiger partial charge in [0.2, 0.25) is 5.91 Å². The lowest BCUT2D eigenvalue weighted by Gasteiger charge is -2.19. The van der Waals surface area contributed by atoms with Crippen LogP contribution in [0.25, 0.3) is 11.0 Å². The summed E-state index contributed by atoms with van der Waals surface area (Å²) in [6, 6.07) is 7.42. The molecule has 2 aromatic rings. The number of anilines is 1. The Morgan fingerprint density at radius 3 is 2.70 bits per heavy atom. The van der Waals surface area contributed by atoms with Crippen LogP contribution in [-0.2, 0) is 20.9 Å². The lowest BCUT2D eigenvalue weighted by Crippen LogP contribution is -2.34. The minimum absolute atomic E-state index is 0.0900. The van der Waals surface area contributed by atoms with Crippen LogP contribution in [0.15, 0.2) is 29.1 Å². The molecule has 1 fully saturated rings. The molecule has 1 aromatic heterocycles. The maximum Gasteiger partial charge on any atom is 0.325 e. The highest BCUT2D eigenvalue weighted by atomic mass is 16.5. The van der Waals surface area contributed by atoms with Crippen molar-refractivity contribution in [1.29, 1.82) is 0 Å². The second kappa shape index (κ2) is 8.66. The molecule has 27 heavy (non-hydrogen) atoms. The Morgan fingerprint density at radius 1 is 1.22 bits per heavy atom. The molecule has 0 atom stereocenters. The molecule has 0 spiro atoms. The van der Waals surface area contributed by atoms with Gasteiger partial charge in [0.25, 0.3) is 5.56 Å². The Hall–Kier alpha value is -2.90. The van der Waals surface area contributed by atoms with E-state index in [4.69, 9.17) is 4.74 Å². The first-order valence-electron chi connectivity index (χ1n) is 9.27. The van der Waals surface area contributed by atoms with Crippen molar-refractivity contribution < 1.29 is 14.3 Å². The van der Waals surface area contributed by atoms with E-state index in [1.54, 1.807) is 11.5 Å². The van der Waals surface area contributed by atoms with E-state index >= 15 is 0 Å². The maximum atomic E-state index is 13.0. The molecule has 1 saturated heterocycles. The Bertz CT molecular complexity index is 887. The molecule has 144 valence electrons. The van der Waals surface area contributed by atoms with Crippen molar-refractivity contribution in [3.63, 3.8) is 0 Å². The molecule has 2 heterocycles. The number of hydrogen-bond acceptors (Lipinski definition) is 6. The fourth-order valence-corrected chi connectivity index (χ4v) is 3.22. The number of nitrogens with one attached hydrogen (secondary N) is 1. The molecule has 1 aliphatic rings. The van der Waals surface area contributed by atoms with Gasteiger partial charge in [0.05, 0.1) is 17.6 Å². The van der Waals surface area contributed by atoms with Crippen LogP contribution in [0.3, 0.4) is 0 Å². The van der Waals surface area contributed by atoms with Gasteiger partial charge in [-0.3, -0.25) is 14.4 Å². The largest absolute Gasteiger partial charge is 0.465 e. The number of carbonyl (C=O) groups is 2. The Morgan fingerprint density at radius 2 is 1.96 bits per heavy atom. The number of rotatable bonds is 7. The average molecular weight is 372 g/mol. The lowest BCUT2D eigenvalue weighted by molar-refractivity contribution is -0.143. The molecule has 1 aliphatic heterocycles. The lowest BCUT2D eigenvalue weighted by atomic mass is 10.2. The van der Waals surface area contributed by atoms with Gasteiger partial charge in [-0.05, 0) is 31.9 Å². The van der Waals surface area contributed by atoms with Crippen molar-refractivity contribution in [1.82, 2.24) is 14.9 Å². The smallest absolute Gasteiger partial charge is 0.325 e. The molecule has 3 rings (SSSR count). The van der Waals surface area contributed by atoms with Crippen LogP contribution in [0, 0.1) is 0 Å². The van der Waals surface area contributed by atoms with Crippen molar-refractivity contribution in [2.24, 2.45) is 0 Å². The summed E-state index contributed by atoms with van der Waals surface area (Å²) in [7, 11) is 0. The fourth-order valence-electron chi connectivity index (χ4n) is 3.22. The van der Waals surface area contributed by atoms with Crippen LogP contribution in [0.1, 0.15) is 26.2 Å². The molecule has 8 heteroatoms. The molecule has 1 amide bonds. The quantitative estimate of drug-likeness (QED) is 0.731. The van der Waals surface area contributed by atoms with E-state index in [1.807, 2.05) is 29.2 Å². The van der Waals surface area contributed by atoms with Gasteiger partial charge in [-0.25, -0.2) is 4.98 Å². The van der Waals surface area contributed by atoms with Crippen molar-refractivity contribution in [3.8, 4) is 0 Å². The van der Waals surface area contributed by atoms with E-state index in [1.165, 1.54) is 0 Å². The number of nitrogens with zero attached hydrogens (tertiary/aromatic N) is 3. The average Bonchev–Trinajstić information content (AvgIpc) is 3.20. The summed E-state index contributed by atoms with van der Waals surface area (Å²) in [5.74, 6) is -0.342. The van der Waals surface area contributed by atoms with Crippen molar-refractivity contribution in [2.45, 2.75) is 32.7 Å². The topological polar surface area (TPSA) is 93.5 Å². The predicted molar refractivity (Wildman–Crippen MR) is 102 cm³/mol. The van der Waals surface area contributed by atoms with Gasteiger partial charge in [-0.15, -0.1) is 0 Å². The number of amides is 1. The molecule has 0 unspecified atom stereocenters. The minimum atomic E-state index is -0.478. The first-order valence-corrected chi connectivity index (χ1v) is 9.27. The number of para-hydroxylation sites is 2. The number of carbonyl (C=O) groups excluding carboxylic acids is 2. The molecule has 0 aliphatic carbocycles. The summed E-state index contributed by atoms with van der Waals surface area (Å²) in [6.07, 6.45) is 2.18. The first-order chi connectivity index (χ1) is 13.1. The second-order valence-electron chi connectivity index (χ2n) is 6.41. The van der Waals surface area contributed by atoms with Crippen LogP contribution in [0.2, 0.25) is 0 Å². The molecule has 0 bridgehead atoms. The van der Waals surface area contributed by atoms with Crippen LogP contribution in [0.4, 0.5) is 5.82 Å². The van der Waals surface area contributed by atoms with Gasteiger partial charge >= 0.3 is 5.97 Å². The Balaban J connectivity index is 1.78. The normalized spacial score (nSPS) is 13.7. The minimum Gasteiger partial charge on any atom is -0.465 e. The van der Waals surface area contributed by atoms with Gasteiger partial charge in [0.15, 0.2) is 5.82 Å². The van der Waals surface area contributed by atoms with Crippen molar-refractivity contribution >= 4 is 28.7 Å². The number of hydrogen-bond donors (Lipinski definition) is 1. The summed E-state index contributed by atoms with van der Waals surface area (Å²) >= 11 is 0. The van der Waals surface area contributed by atoms with Gasteiger partial charge in [-0.2, -0.15) is 0 Å². The number of ether oxygens (including phenoxy) is 1. The SMILES string of the molecule is CCOC(=O)CNC(=O)CCn1c(=O)c(N2CCCC2)nc2ccccc21. The maximum absolute atomic E-state index is 13.0. The van der Waals surface area contributed by atoms with Crippen molar-refractivity contribution in [2.75, 3.05) is 31.1 Å². The van der Waals surface area contributed by atoms with Crippen LogP contribution < -0.4 is 15.8 Å². The van der Waals surface area contributed by atoms with E-state index in [-0.39, 0.29) is 37.6 Å². The van der Waals surface area contributed by atoms with E-state index in [9.17, 15) is 14.4 Å². The summed E-state index contributed by atoms with van der Waals surface area (Å²) in [4.78, 5) is 42.9. The molecule has 1 aromatic carbocycles. The monoisotopic (exact) mass is 372 g/mol. The summed E-state index contributed by atoms with van der Waals surface area (Å²) in [5, 5.41) is 2.52. The molecule has 8 nitrogen and oxygen atoms in total. The Labute approximate surface area is 157 Å². The standard InChI is InChI=1S/C19H24N4O4/c1-2-27-17(25)13-20-16(24)9-12-23-15-8-4-3-7-14(15)21-18(19(23)26)22-10-5-6-11-22/h3-4,7-8H,2,5-6,9-13H2,1H3,(H,20,24). The molecule has 0 radical (unpaired) electrons. The van der Waals surface area contributed by atoms with Gasteiger partial charge in [-0.1, -0.05) is 12.1 Å². The molecular weight excluding hydrogens is 348 g/mol. The van der Waals surface area contributed by atoms with Crippen LogP contribution >= 0.6 is 0 Å². The van der Waals surface area contributed by atoms with Crippen LogP contribution in [0.5, 0.6) is 0 Å². The van der Waals surface area contributed by atoms with Crippen molar-refractivity contribution in [3.05, 3.63) is 34.6 Å². The molecule has 0 saturated carbocycles. The number of fused-ring (bicyclic) bond motifs is 1. The van der Waals surface area contributed by atoms with E-state index in [0.717, 1.165) is 31.4 Å². The van der Waals surface area contributed by atoms with E-state index in [2.05, 4.69) is 10.3 Å². The fraction of sp³-hybridized carbons (Fsp3) is 0.474. The zero-order valence-electron chi connectivity index (χ0n) is 15.4. The zero-order chi connectivity index (χ0) is 19.2. The third-order valence-corrected chi connectivity index (χ3v) is 4.54. The number of aromatic nitrogens is 2. The summed E-state index contributed by atoms with van der Waals surface area (Å²) < 4.78 is 6.38. The van der Waals surface area contributed by atoms with Gasteiger partial charge in [0, 0.05) is 26.1 Å².